The van der Waals surface area contributed by atoms with Crippen LogP contribution < -0.4 is 28.6 Å². The Kier molecular flexibility index (Phi) is 6.18. The third kappa shape index (κ3) is 3.54. The molecule has 1 heterocycles. The van der Waals surface area contributed by atoms with Gasteiger partial charge in [0.05, 0.1) is 31.5 Å². The van der Waals surface area contributed by atoms with Crippen molar-refractivity contribution in [3.8, 4) is 0 Å². The van der Waals surface area contributed by atoms with Crippen molar-refractivity contribution in [1.29, 1.82) is 0 Å². The lowest BCUT2D eigenvalue weighted by molar-refractivity contribution is -0.858. The zero-order valence-corrected chi connectivity index (χ0v) is 13.5. The van der Waals surface area contributed by atoms with E-state index < -0.39 is 0 Å². The minimum absolute atomic E-state index is 0. The maximum absolute atomic E-state index is 12.4. The highest BCUT2D eigenvalue weighted by molar-refractivity contribution is 5.77. The van der Waals surface area contributed by atoms with Gasteiger partial charge in [-0.1, -0.05) is 12.1 Å². The molecule has 0 spiro atoms. The number of hydrogen-bond acceptors (Lipinski definition) is 2. The first-order valence-electron chi connectivity index (χ1n) is 7.07. The normalized spacial score (nSPS) is 10.9. The van der Waals surface area contributed by atoms with Crippen molar-refractivity contribution >= 4 is 10.9 Å². The molecule has 6 heteroatoms. The van der Waals surface area contributed by atoms with Crippen LogP contribution in [-0.4, -0.2) is 29.8 Å². The highest BCUT2D eigenvalue weighted by Crippen LogP contribution is 2.07. The molecule has 116 valence electrons. The van der Waals surface area contributed by atoms with Crippen LogP contribution in [0.2, 0.25) is 0 Å². The Morgan fingerprint density at radius 3 is 2.38 bits per heavy atom. The van der Waals surface area contributed by atoms with Crippen molar-refractivity contribution in [2.24, 2.45) is 0 Å². The number of quaternary nitrogens is 1. The predicted octanol–water partition coefficient (Wildman–Crippen LogP) is -3.28. The first kappa shape index (κ1) is 17.5. The predicted molar refractivity (Wildman–Crippen MR) is 80.4 cm³/mol. The van der Waals surface area contributed by atoms with Crippen LogP contribution in [-0.2, 0) is 13.1 Å². The van der Waals surface area contributed by atoms with E-state index in [4.69, 9.17) is 0 Å². The zero-order chi connectivity index (χ0) is 14.7. The maximum Gasteiger partial charge on any atom is 0.331 e. The van der Waals surface area contributed by atoms with Crippen LogP contribution in [0.15, 0.2) is 33.9 Å². The van der Waals surface area contributed by atoms with Gasteiger partial charge in [-0.2, -0.15) is 0 Å². The summed E-state index contributed by atoms with van der Waals surface area (Å²) in [4.78, 5) is 26.0. The average Bonchev–Trinajstić information content (AvgIpc) is 2.43. The molecule has 0 unspecified atom stereocenters. The van der Waals surface area contributed by atoms with Crippen LogP contribution in [0, 0.1) is 0 Å². The summed E-state index contributed by atoms with van der Waals surface area (Å²) in [6, 6.07) is 7.34. The Morgan fingerprint density at radius 2 is 1.76 bits per heavy atom. The van der Waals surface area contributed by atoms with Crippen molar-refractivity contribution in [3.05, 3.63) is 45.1 Å². The maximum atomic E-state index is 12.4. The van der Waals surface area contributed by atoms with Gasteiger partial charge in [0.1, 0.15) is 0 Å². The summed E-state index contributed by atoms with van der Waals surface area (Å²) in [5.41, 5.74) is 0.341. The SMILES string of the molecule is CCn1c(=O)c2ccccc2n(CCC[NH+](C)C)c1=O.[Cl-]. The number of halogens is 1. The second kappa shape index (κ2) is 7.43. The van der Waals surface area contributed by atoms with Crippen molar-refractivity contribution in [1.82, 2.24) is 9.13 Å². The lowest BCUT2D eigenvalue weighted by Crippen LogP contribution is -3.05. The fraction of sp³-hybridized carbons (Fsp3) is 0.467. The summed E-state index contributed by atoms with van der Waals surface area (Å²) in [5, 5.41) is 0.617. The molecule has 0 saturated heterocycles. The van der Waals surface area contributed by atoms with E-state index in [-0.39, 0.29) is 23.7 Å². The number of aryl methyl sites for hydroxylation is 1. The lowest BCUT2D eigenvalue weighted by Gasteiger charge is -2.13. The van der Waals surface area contributed by atoms with Gasteiger partial charge in [-0.05, 0) is 19.1 Å². The number of para-hydroxylation sites is 1. The van der Waals surface area contributed by atoms with Gasteiger partial charge in [0.2, 0.25) is 0 Å². The smallest absolute Gasteiger partial charge is 0.331 e. The summed E-state index contributed by atoms with van der Waals surface area (Å²) in [6.45, 7) is 3.87. The third-order valence-corrected chi connectivity index (χ3v) is 3.51. The molecule has 0 atom stereocenters. The summed E-state index contributed by atoms with van der Waals surface area (Å²) in [5.74, 6) is 0. The van der Waals surface area contributed by atoms with Gasteiger partial charge >= 0.3 is 5.69 Å². The molecule has 0 amide bonds. The minimum Gasteiger partial charge on any atom is -1.00 e. The minimum atomic E-state index is -0.204. The first-order valence-corrected chi connectivity index (χ1v) is 7.07. The van der Waals surface area contributed by atoms with Crippen LogP contribution in [0.5, 0.6) is 0 Å². The Labute approximate surface area is 130 Å². The van der Waals surface area contributed by atoms with E-state index in [9.17, 15) is 9.59 Å². The van der Waals surface area contributed by atoms with Crippen molar-refractivity contribution in [2.45, 2.75) is 26.4 Å². The van der Waals surface area contributed by atoms with E-state index in [1.165, 1.54) is 9.47 Å². The summed E-state index contributed by atoms with van der Waals surface area (Å²) < 4.78 is 3.04. The molecular formula is C15H22ClN3O2. The Balaban J connectivity index is 0.00000220. The van der Waals surface area contributed by atoms with Gasteiger partial charge in [0.15, 0.2) is 0 Å². The molecule has 2 rings (SSSR count). The van der Waals surface area contributed by atoms with Crippen LogP contribution in [0.25, 0.3) is 10.9 Å². The quantitative estimate of drug-likeness (QED) is 0.630. The van der Waals surface area contributed by atoms with Crippen LogP contribution in [0.1, 0.15) is 13.3 Å². The molecule has 0 fully saturated rings. The van der Waals surface area contributed by atoms with Crippen LogP contribution in [0.4, 0.5) is 0 Å². The number of nitrogens with zero attached hydrogens (tertiary/aromatic N) is 2. The van der Waals surface area contributed by atoms with E-state index in [0.717, 1.165) is 18.5 Å². The van der Waals surface area contributed by atoms with Gasteiger partial charge in [-0.3, -0.25) is 13.9 Å². The highest BCUT2D eigenvalue weighted by atomic mass is 35.5. The van der Waals surface area contributed by atoms with Crippen molar-refractivity contribution < 1.29 is 17.3 Å². The first-order chi connectivity index (χ1) is 9.56. The van der Waals surface area contributed by atoms with Crippen molar-refractivity contribution in [2.75, 3.05) is 20.6 Å². The number of aromatic nitrogens is 2. The Bertz CT molecular complexity index is 719. The molecule has 0 aliphatic heterocycles. The number of fused-ring (bicyclic) bond motifs is 1. The number of rotatable bonds is 5. The molecule has 1 N–H and O–H groups in total. The zero-order valence-electron chi connectivity index (χ0n) is 12.7. The molecule has 2 aromatic rings. The van der Waals surface area contributed by atoms with E-state index in [1.54, 1.807) is 10.6 Å². The summed E-state index contributed by atoms with van der Waals surface area (Å²) in [7, 11) is 4.18. The summed E-state index contributed by atoms with van der Waals surface area (Å²) in [6.07, 6.45) is 0.911. The topological polar surface area (TPSA) is 48.4 Å². The molecule has 0 aliphatic rings. The Hall–Kier alpha value is -1.59. The van der Waals surface area contributed by atoms with Gasteiger partial charge in [0.25, 0.3) is 5.56 Å². The molecule has 0 bridgehead atoms. The monoisotopic (exact) mass is 311 g/mol. The molecule has 21 heavy (non-hydrogen) atoms. The molecular weight excluding hydrogens is 290 g/mol. The van der Waals surface area contributed by atoms with Gasteiger partial charge in [-0.25, -0.2) is 4.79 Å². The molecule has 0 aliphatic carbocycles. The van der Waals surface area contributed by atoms with Crippen LogP contribution in [0.3, 0.4) is 0 Å². The Morgan fingerprint density at radius 1 is 1.10 bits per heavy atom. The molecule has 5 nitrogen and oxygen atoms in total. The van der Waals surface area contributed by atoms with Crippen molar-refractivity contribution in [3.63, 3.8) is 0 Å². The largest absolute Gasteiger partial charge is 1.00 e. The summed E-state index contributed by atoms with van der Waals surface area (Å²) >= 11 is 0. The van der Waals surface area contributed by atoms with Gasteiger partial charge in [-0.15, -0.1) is 0 Å². The van der Waals surface area contributed by atoms with Gasteiger partial charge in [0, 0.05) is 19.5 Å². The number of benzene rings is 1. The third-order valence-electron chi connectivity index (χ3n) is 3.51. The molecule has 0 saturated carbocycles. The van der Waals surface area contributed by atoms with E-state index in [2.05, 4.69) is 14.1 Å². The average molecular weight is 312 g/mol. The lowest BCUT2D eigenvalue weighted by atomic mass is 10.2. The molecule has 1 aromatic carbocycles. The molecule has 1 aromatic heterocycles. The van der Waals surface area contributed by atoms with Gasteiger partial charge < -0.3 is 17.3 Å². The second-order valence-corrected chi connectivity index (χ2v) is 5.31. The van der Waals surface area contributed by atoms with E-state index in [1.807, 2.05) is 25.1 Å². The number of nitrogens with one attached hydrogen (secondary N) is 1. The second-order valence-electron chi connectivity index (χ2n) is 5.31. The van der Waals surface area contributed by atoms with E-state index in [0.29, 0.717) is 18.5 Å². The fourth-order valence-corrected chi connectivity index (χ4v) is 2.46. The molecule has 0 radical (unpaired) electrons. The van der Waals surface area contributed by atoms with E-state index >= 15 is 0 Å². The van der Waals surface area contributed by atoms with Crippen LogP contribution >= 0.6 is 0 Å². The highest BCUT2D eigenvalue weighted by Gasteiger charge is 2.11. The standard InChI is InChI=1S/C15H21N3O2.ClH/c1-4-17-14(19)12-8-5-6-9-13(12)18(15(17)20)11-7-10-16(2)3;/h5-6,8-9H,4,7,10-11H2,1-3H3;1H. The fourth-order valence-electron chi connectivity index (χ4n) is 2.46. The number of hydrogen-bond donors (Lipinski definition) is 1.